The summed E-state index contributed by atoms with van der Waals surface area (Å²) in [7, 11) is 0. The molecule has 1 unspecified atom stereocenters. The maximum Gasteiger partial charge on any atom is 0.317 e. The van der Waals surface area contributed by atoms with E-state index in [1.54, 1.807) is 0 Å². The van der Waals surface area contributed by atoms with Gasteiger partial charge in [0.05, 0.1) is 0 Å². The van der Waals surface area contributed by atoms with Crippen molar-refractivity contribution in [3.63, 3.8) is 0 Å². The molecule has 4 heteroatoms. The molecule has 1 N–H and O–H groups in total. The molecule has 0 spiro atoms. The molecule has 0 bridgehead atoms. The molecule has 2 heterocycles. The number of carbonyl (C=O) groups is 1. The van der Waals surface area contributed by atoms with Crippen molar-refractivity contribution in [1.29, 1.82) is 0 Å². The van der Waals surface area contributed by atoms with Gasteiger partial charge in [-0.15, -0.1) is 0 Å². The normalized spacial score (nSPS) is 29.4. The number of nitrogens with one attached hydrogen (secondary N) is 1. The molecular formula is C10H19N3O. The third-order valence-corrected chi connectivity index (χ3v) is 3.26. The van der Waals surface area contributed by atoms with Crippen LogP contribution in [0.3, 0.4) is 0 Å². The Hall–Kier alpha value is -0.770. The van der Waals surface area contributed by atoms with Crippen molar-refractivity contribution >= 4 is 6.03 Å². The van der Waals surface area contributed by atoms with Crippen molar-refractivity contribution < 1.29 is 4.79 Å². The summed E-state index contributed by atoms with van der Waals surface area (Å²) in [5.74, 6) is 0. The Labute approximate surface area is 85.2 Å². The van der Waals surface area contributed by atoms with Crippen molar-refractivity contribution in [2.45, 2.75) is 25.8 Å². The quantitative estimate of drug-likeness (QED) is 0.699. The first kappa shape index (κ1) is 9.77. The fourth-order valence-electron chi connectivity index (χ4n) is 2.41. The van der Waals surface area contributed by atoms with Gasteiger partial charge < -0.3 is 15.1 Å². The molecule has 0 aromatic heterocycles. The minimum atomic E-state index is 0.132. The number of likely N-dealkylation sites (tertiary alicyclic amines) is 1. The van der Waals surface area contributed by atoms with Gasteiger partial charge in [-0.1, -0.05) is 6.92 Å². The van der Waals surface area contributed by atoms with Gasteiger partial charge in [0.15, 0.2) is 0 Å². The Morgan fingerprint density at radius 3 is 3.00 bits per heavy atom. The van der Waals surface area contributed by atoms with Gasteiger partial charge in [-0.2, -0.15) is 0 Å². The number of urea groups is 1. The fraction of sp³-hybridized carbons (Fsp3) is 0.900. The number of rotatable bonds is 2. The summed E-state index contributed by atoms with van der Waals surface area (Å²) in [5.41, 5.74) is 0. The van der Waals surface area contributed by atoms with E-state index in [0.717, 1.165) is 26.2 Å². The van der Waals surface area contributed by atoms with E-state index in [9.17, 15) is 4.79 Å². The van der Waals surface area contributed by atoms with E-state index < -0.39 is 0 Å². The highest BCUT2D eigenvalue weighted by atomic mass is 16.2. The van der Waals surface area contributed by atoms with Crippen LogP contribution < -0.4 is 5.32 Å². The number of hydrogen-bond acceptors (Lipinski definition) is 2. The largest absolute Gasteiger partial charge is 0.336 e. The van der Waals surface area contributed by atoms with Crippen LogP contribution in [0.4, 0.5) is 4.79 Å². The Kier molecular flexibility index (Phi) is 2.91. The molecule has 2 saturated heterocycles. The van der Waals surface area contributed by atoms with E-state index in [0.29, 0.717) is 6.04 Å². The van der Waals surface area contributed by atoms with Gasteiger partial charge >= 0.3 is 6.03 Å². The topological polar surface area (TPSA) is 35.6 Å². The minimum Gasteiger partial charge on any atom is -0.336 e. The van der Waals surface area contributed by atoms with Crippen LogP contribution in [0, 0.1) is 0 Å². The molecule has 1 atom stereocenters. The Balaban J connectivity index is 1.93. The zero-order valence-corrected chi connectivity index (χ0v) is 8.83. The maximum absolute atomic E-state index is 11.5. The third kappa shape index (κ3) is 1.85. The highest BCUT2D eigenvalue weighted by Crippen LogP contribution is 2.17. The SMILES string of the molecule is CCN1CCCC(N2CCNC2=O)C1. The third-order valence-electron chi connectivity index (χ3n) is 3.26. The highest BCUT2D eigenvalue weighted by Gasteiger charge is 2.30. The summed E-state index contributed by atoms with van der Waals surface area (Å²) in [6.07, 6.45) is 2.40. The molecule has 2 aliphatic rings. The van der Waals surface area contributed by atoms with E-state index in [1.165, 1.54) is 19.4 Å². The van der Waals surface area contributed by atoms with Crippen molar-refractivity contribution in [2.75, 3.05) is 32.7 Å². The van der Waals surface area contributed by atoms with Gasteiger partial charge in [-0.3, -0.25) is 0 Å². The molecule has 0 aromatic rings. The van der Waals surface area contributed by atoms with E-state index in [4.69, 9.17) is 0 Å². The van der Waals surface area contributed by atoms with E-state index >= 15 is 0 Å². The molecule has 14 heavy (non-hydrogen) atoms. The molecule has 2 rings (SSSR count). The van der Waals surface area contributed by atoms with Crippen molar-refractivity contribution in [2.24, 2.45) is 0 Å². The standard InChI is InChI=1S/C10H19N3O/c1-2-12-6-3-4-9(8-12)13-7-5-11-10(13)14/h9H,2-8H2,1H3,(H,11,14). The zero-order chi connectivity index (χ0) is 9.97. The summed E-state index contributed by atoms with van der Waals surface area (Å²) < 4.78 is 0. The van der Waals surface area contributed by atoms with Gasteiger partial charge in [0.1, 0.15) is 0 Å². The number of piperidine rings is 1. The minimum absolute atomic E-state index is 0.132. The predicted octanol–water partition coefficient (Wildman–Crippen LogP) is 0.496. The zero-order valence-electron chi connectivity index (χ0n) is 8.83. The lowest BCUT2D eigenvalue weighted by Gasteiger charge is -2.36. The van der Waals surface area contributed by atoms with Gasteiger partial charge in [-0.25, -0.2) is 4.79 Å². The smallest absolute Gasteiger partial charge is 0.317 e. The lowest BCUT2D eigenvalue weighted by atomic mass is 10.0. The molecule has 4 nitrogen and oxygen atoms in total. The summed E-state index contributed by atoms with van der Waals surface area (Å²) in [6.45, 7) is 7.26. The van der Waals surface area contributed by atoms with Gasteiger partial charge in [0.2, 0.25) is 0 Å². The molecular weight excluding hydrogens is 178 g/mol. The van der Waals surface area contributed by atoms with E-state index in [2.05, 4.69) is 17.1 Å². The van der Waals surface area contributed by atoms with Crippen molar-refractivity contribution in [1.82, 2.24) is 15.1 Å². The Morgan fingerprint density at radius 2 is 2.36 bits per heavy atom. The van der Waals surface area contributed by atoms with Crippen molar-refractivity contribution in [3.05, 3.63) is 0 Å². The Morgan fingerprint density at radius 1 is 1.50 bits per heavy atom. The van der Waals surface area contributed by atoms with Crippen LogP contribution in [0.2, 0.25) is 0 Å². The molecule has 0 aliphatic carbocycles. The van der Waals surface area contributed by atoms with Crippen molar-refractivity contribution in [3.8, 4) is 0 Å². The number of hydrogen-bond donors (Lipinski definition) is 1. The molecule has 2 fully saturated rings. The lowest BCUT2D eigenvalue weighted by molar-refractivity contribution is 0.130. The van der Waals surface area contributed by atoms with Gasteiger partial charge in [-0.05, 0) is 25.9 Å². The number of likely N-dealkylation sites (N-methyl/N-ethyl adjacent to an activating group) is 1. The lowest BCUT2D eigenvalue weighted by Crippen LogP contribution is -2.48. The van der Waals surface area contributed by atoms with E-state index in [1.807, 2.05) is 4.90 Å². The van der Waals surface area contributed by atoms with Crippen LogP contribution in [-0.4, -0.2) is 54.6 Å². The van der Waals surface area contributed by atoms with Gasteiger partial charge in [0.25, 0.3) is 0 Å². The molecule has 0 saturated carbocycles. The second kappa shape index (κ2) is 4.17. The summed E-state index contributed by atoms with van der Waals surface area (Å²) in [6, 6.07) is 0.583. The summed E-state index contributed by atoms with van der Waals surface area (Å²) in [4.78, 5) is 15.9. The van der Waals surface area contributed by atoms with E-state index in [-0.39, 0.29) is 6.03 Å². The molecule has 0 radical (unpaired) electrons. The van der Waals surface area contributed by atoms with Crippen LogP contribution in [0.25, 0.3) is 0 Å². The summed E-state index contributed by atoms with van der Waals surface area (Å²) >= 11 is 0. The van der Waals surface area contributed by atoms with Crippen LogP contribution in [-0.2, 0) is 0 Å². The molecule has 2 amide bonds. The average Bonchev–Trinajstić information content (AvgIpc) is 2.65. The molecule has 2 aliphatic heterocycles. The highest BCUT2D eigenvalue weighted by molar-refractivity contribution is 5.76. The maximum atomic E-state index is 11.5. The number of amides is 2. The second-order valence-corrected chi connectivity index (χ2v) is 4.11. The first-order chi connectivity index (χ1) is 6.81. The second-order valence-electron chi connectivity index (χ2n) is 4.11. The first-order valence-corrected chi connectivity index (χ1v) is 5.58. The fourth-order valence-corrected chi connectivity index (χ4v) is 2.41. The van der Waals surface area contributed by atoms with Gasteiger partial charge in [0, 0.05) is 25.7 Å². The van der Waals surface area contributed by atoms with Crippen LogP contribution >= 0.6 is 0 Å². The van der Waals surface area contributed by atoms with Crippen LogP contribution in [0.5, 0.6) is 0 Å². The number of carbonyl (C=O) groups excluding carboxylic acids is 1. The summed E-state index contributed by atoms with van der Waals surface area (Å²) in [5, 5.41) is 2.87. The van der Waals surface area contributed by atoms with Crippen LogP contribution in [0.1, 0.15) is 19.8 Å². The molecule has 80 valence electrons. The molecule has 0 aromatic carbocycles. The monoisotopic (exact) mass is 197 g/mol. The Bertz CT molecular complexity index is 219. The van der Waals surface area contributed by atoms with Crippen LogP contribution in [0.15, 0.2) is 0 Å². The first-order valence-electron chi connectivity index (χ1n) is 5.58. The average molecular weight is 197 g/mol. The predicted molar refractivity (Wildman–Crippen MR) is 55.2 cm³/mol. The number of nitrogens with zero attached hydrogens (tertiary/aromatic N) is 2.